The first-order chi connectivity index (χ1) is 16.6. The van der Waals surface area contributed by atoms with Crippen LogP contribution >= 0.6 is 0 Å². The summed E-state index contributed by atoms with van der Waals surface area (Å²) in [5.41, 5.74) is 2.12. The molecule has 8 nitrogen and oxygen atoms in total. The smallest absolute Gasteiger partial charge is 0.410 e. The van der Waals surface area contributed by atoms with Crippen LogP contribution in [0, 0.1) is 0 Å². The molecule has 0 bridgehead atoms. The predicted octanol–water partition coefficient (Wildman–Crippen LogP) is 4.24. The molecule has 0 saturated carbocycles. The number of carbonyl (C=O) groups is 2. The van der Waals surface area contributed by atoms with Crippen LogP contribution in [0.15, 0.2) is 42.7 Å². The number of amides is 1. The Labute approximate surface area is 207 Å². The van der Waals surface area contributed by atoms with E-state index in [4.69, 9.17) is 14.2 Å². The zero-order valence-electron chi connectivity index (χ0n) is 21.0. The third kappa shape index (κ3) is 8.24. The second kappa shape index (κ2) is 12.0. The Balaban J connectivity index is 1.66. The van der Waals surface area contributed by atoms with Crippen LogP contribution in [0.3, 0.4) is 0 Å². The fourth-order valence-electron chi connectivity index (χ4n) is 3.94. The van der Waals surface area contributed by atoms with Crippen LogP contribution in [-0.4, -0.2) is 58.5 Å². The zero-order valence-corrected chi connectivity index (χ0v) is 21.0. The molecule has 1 amide bonds. The van der Waals surface area contributed by atoms with Crippen molar-refractivity contribution < 1.29 is 28.9 Å². The number of hydrogen-bond donors (Lipinski definition) is 1. The van der Waals surface area contributed by atoms with E-state index in [2.05, 4.69) is 11.1 Å². The molecule has 3 rings (SSSR count). The third-order valence-corrected chi connectivity index (χ3v) is 5.62. The molecule has 0 saturated heterocycles. The number of aromatic nitrogens is 1. The van der Waals surface area contributed by atoms with Gasteiger partial charge in [-0.3, -0.25) is 9.78 Å². The Bertz CT molecular complexity index is 989. The van der Waals surface area contributed by atoms with E-state index in [-0.39, 0.29) is 25.2 Å². The largest absolute Gasteiger partial charge is 0.488 e. The van der Waals surface area contributed by atoms with Gasteiger partial charge in [0.15, 0.2) is 0 Å². The molecule has 35 heavy (non-hydrogen) atoms. The van der Waals surface area contributed by atoms with Crippen molar-refractivity contribution in [2.45, 2.75) is 71.2 Å². The fourth-order valence-corrected chi connectivity index (χ4v) is 3.94. The molecule has 2 aromatic rings. The minimum atomic E-state index is -0.894. The number of rotatable bonds is 9. The summed E-state index contributed by atoms with van der Waals surface area (Å²) in [7, 11) is 0. The van der Waals surface area contributed by atoms with E-state index in [9.17, 15) is 14.7 Å². The van der Waals surface area contributed by atoms with Gasteiger partial charge in [-0.1, -0.05) is 18.2 Å². The lowest BCUT2D eigenvalue weighted by atomic mass is 9.98. The third-order valence-electron chi connectivity index (χ3n) is 5.62. The standard InChI is InChI=1S/C27H36N2O6/c1-5-33-25(31)13-9-19-8-12-24-20(15-19)10-11-22(34-24)17-29(26(32)35-27(2,3)4)18-23(30)21-7-6-14-28-16-21/h6-8,12,14-16,22-23,30H,5,9-11,13,17-18H2,1-4H3/t22?,23-/m0/s1. The Morgan fingerprint density at radius 3 is 2.77 bits per heavy atom. The first-order valence-corrected chi connectivity index (χ1v) is 12.1. The molecule has 1 aliphatic rings. The second-order valence-electron chi connectivity index (χ2n) is 9.71. The summed E-state index contributed by atoms with van der Waals surface area (Å²) in [5, 5.41) is 10.7. The monoisotopic (exact) mass is 484 g/mol. The number of pyridine rings is 1. The maximum Gasteiger partial charge on any atom is 0.410 e. The summed E-state index contributed by atoms with van der Waals surface area (Å²) in [6, 6.07) is 9.47. The molecule has 1 N–H and O–H groups in total. The van der Waals surface area contributed by atoms with E-state index in [0.29, 0.717) is 25.0 Å². The van der Waals surface area contributed by atoms with Crippen LogP contribution < -0.4 is 4.74 Å². The molecular weight excluding hydrogens is 448 g/mol. The Morgan fingerprint density at radius 2 is 2.09 bits per heavy atom. The highest BCUT2D eigenvalue weighted by Crippen LogP contribution is 2.30. The Kier molecular flexibility index (Phi) is 9.09. The number of ether oxygens (including phenoxy) is 3. The number of fused-ring (bicyclic) bond motifs is 1. The minimum Gasteiger partial charge on any atom is -0.488 e. The predicted molar refractivity (Wildman–Crippen MR) is 131 cm³/mol. The molecule has 0 aliphatic carbocycles. The molecule has 190 valence electrons. The normalized spacial score (nSPS) is 16.0. The average Bonchev–Trinajstić information content (AvgIpc) is 2.82. The number of aliphatic hydroxyl groups is 1. The van der Waals surface area contributed by atoms with Crippen molar-refractivity contribution in [3.63, 3.8) is 0 Å². The van der Waals surface area contributed by atoms with Gasteiger partial charge in [-0.15, -0.1) is 0 Å². The first kappa shape index (κ1) is 26.5. The van der Waals surface area contributed by atoms with Gasteiger partial charge < -0.3 is 24.2 Å². The van der Waals surface area contributed by atoms with Crippen molar-refractivity contribution in [1.29, 1.82) is 0 Å². The maximum atomic E-state index is 12.9. The van der Waals surface area contributed by atoms with Crippen LogP contribution in [0.4, 0.5) is 4.79 Å². The zero-order chi connectivity index (χ0) is 25.4. The molecule has 1 aromatic heterocycles. The van der Waals surface area contributed by atoms with Crippen LogP contribution in [0.25, 0.3) is 0 Å². The molecule has 1 aromatic carbocycles. The van der Waals surface area contributed by atoms with E-state index < -0.39 is 17.8 Å². The van der Waals surface area contributed by atoms with Crippen molar-refractivity contribution in [1.82, 2.24) is 9.88 Å². The quantitative estimate of drug-likeness (QED) is 0.532. The number of aryl methyl sites for hydroxylation is 2. The van der Waals surface area contributed by atoms with E-state index in [1.54, 1.807) is 31.5 Å². The van der Waals surface area contributed by atoms with Gasteiger partial charge in [0.05, 0.1) is 25.8 Å². The lowest BCUT2D eigenvalue weighted by molar-refractivity contribution is -0.143. The molecule has 2 heterocycles. The fraction of sp³-hybridized carbons (Fsp3) is 0.519. The van der Waals surface area contributed by atoms with Crippen LogP contribution in [-0.2, 0) is 27.1 Å². The molecule has 1 unspecified atom stereocenters. The summed E-state index contributed by atoms with van der Waals surface area (Å²) >= 11 is 0. The lowest BCUT2D eigenvalue weighted by Gasteiger charge is -2.33. The van der Waals surface area contributed by atoms with Crippen LogP contribution in [0.2, 0.25) is 0 Å². The number of carbonyl (C=O) groups excluding carboxylic acids is 2. The number of esters is 1. The first-order valence-electron chi connectivity index (χ1n) is 12.1. The number of hydrogen-bond acceptors (Lipinski definition) is 7. The van der Waals surface area contributed by atoms with Gasteiger partial charge in [0, 0.05) is 24.4 Å². The van der Waals surface area contributed by atoms with Gasteiger partial charge in [-0.2, -0.15) is 0 Å². The van der Waals surface area contributed by atoms with E-state index in [1.807, 2.05) is 32.9 Å². The molecular formula is C27H36N2O6. The molecule has 8 heteroatoms. The van der Waals surface area contributed by atoms with Crippen molar-refractivity contribution in [3.05, 3.63) is 59.4 Å². The van der Waals surface area contributed by atoms with Gasteiger partial charge in [0.1, 0.15) is 17.5 Å². The molecule has 2 atom stereocenters. The van der Waals surface area contributed by atoms with Gasteiger partial charge in [-0.25, -0.2) is 4.79 Å². The maximum absolute atomic E-state index is 12.9. The minimum absolute atomic E-state index is 0.0696. The van der Waals surface area contributed by atoms with E-state index >= 15 is 0 Å². The summed E-state index contributed by atoms with van der Waals surface area (Å²) in [6.45, 7) is 7.98. The van der Waals surface area contributed by atoms with Crippen molar-refractivity contribution in [2.24, 2.45) is 0 Å². The summed E-state index contributed by atoms with van der Waals surface area (Å²) < 4.78 is 16.8. The highest BCUT2D eigenvalue weighted by atomic mass is 16.6. The average molecular weight is 485 g/mol. The van der Waals surface area contributed by atoms with Gasteiger partial charge in [0.25, 0.3) is 0 Å². The Hall–Kier alpha value is -3.13. The number of benzene rings is 1. The topological polar surface area (TPSA) is 98.2 Å². The summed E-state index contributed by atoms with van der Waals surface area (Å²) in [4.78, 5) is 30.2. The van der Waals surface area contributed by atoms with E-state index in [0.717, 1.165) is 29.7 Å². The van der Waals surface area contributed by atoms with Crippen molar-refractivity contribution in [2.75, 3.05) is 19.7 Å². The second-order valence-corrected chi connectivity index (χ2v) is 9.71. The highest BCUT2D eigenvalue weighted by molar-refractivity contribution is 5.69. The van der Waals surface area contributed by atoms with Crippen LogP contribution in [0.1, 0.15) is 63.3 Å². The highest BCUT2D eigenvalue weighted by Gasteiger charge is 2.29. The van der Waals surface area contributed by atoms with Crippen molar-refractivity contribution >= 4 is 12.1 Å². The summed E-state index contributed by atoms with van der Waals surface area (Å²) in [5.74, 6) is 0.579. The SMILES string of the molecule is CCOC(=O)CCc1ccc2c(c1)CCC(CN(C[C@H](O)c1cccnc1)C(=O)OC(C)(C)C)O2. The van der Waals surface area contributed by atoms with E-state index in [1.165, 1.54) is 4.90 Å². The lowest BCUT2D eigenvalue weighted by Crippen LogP contribution is -2.45. The molecule has 0 radical (unpaired) electrons. The van der Waals surface area contributed by atoms with Crippen molar-refractivity contribution in [3.8, 4) is 5.75 Å². The van der Waals surface area contributed by atoms with Gasteiger partial charge >= 0.3 is 12.1 Å². The number of aliphatic hydroxyl groups excluding tert-OH is 1. The van der Waals surface area contributed by atoms with Gasteiger partial charge in [-0.05, 0) is 70.2 Å². The molecule has 0 spiro atoms. The number of nitrogens with zero attached hydrogens (tertiary/aromatic N) is 2. The molecule has 1 aliphatic heterocycles. The summed E-state index contributed by atoms with van der Waals surface area (Å²) in [6.07, 6.45) is 4.08. The molecule has 0 fully saturated rings. The van der Waals surface area contributed by atoms with Gasteiger partial charge in [0.2, 0.25) is 0 Å². The Morgan fingerprint density at radius 1 is 1.29 bits per heavy atom. The van der Waals surface area contributed by atoms with Crippen LogP contribution in [0.5, 0.6) is 5.75 Å².